The number of nitrogens with zero attached hydrogens (tertiary/aromatic N) is 3. The molecule has 0 spiro atoms. The summed E-state index contributed by atoms with van der Waals surface area (Å²) in [6.07, 6.45) is -10.1. The van der Waals surface area contributed by atoms with Gasteiger partial charge in [-0.3, -0.25) is 14.8 Å². The molecule has 0 amide bonds. The van der Waals surface area contributed by atoms with E-state index in [2.05, 4.69) is 5.10 Å². The van der Waals surface area contributed by atoms with E-state index in [0.717, 1.165) is 6.07 Å². The first-order valence-corrected chi connectivity index (χ1v) is 6.36. The Labute approximate surface area is 130 Å². The standard InChI is InChI=1S/C13H9F6N3O2/c1-7-8(3-2-4-9(7)22(23)24)6-21-11(13(17,18)19)5-10(20-21)12(14,15)16/h2-5H,6H2,1H3. The minimum atomic E-state index is -5.05. The van der Waals surface area contributed by atoms with Crippen LogP contribution in [0.4, 0.5) is 32.0 Å². The molecule has 11 heteroatoms. The van der Waals surface area contributed by atoms with Crippen LogP contribution in [0.2, 0.25) is 0 Å². The summed E-state index contributed by atoms with van der Waals surface area (Å²) in [4.78, 5) is 10.1. The van der Waals surface area contributed by atoms with Crippen molar-refractivity contribution in [1.82, 2.24) is 9.78 Å². The summed E-state index contributed by atoms with van der Waals surface area (Å²) in [5, 5.41) is 13.8. The predicted molar refractivity (Wildman–Crippen MR) is 69.2 cm³/mol. The molecule has 0 radical (unpaired) electrons. The molecule has 0 unspecified atom stereocenters. The number of nitro groups is 1. The van der Waals surface area contributed by atoms with Gasteiger partial charge in [0.1, 0.15) is 5.69 Å². The van der Waals surface area contributed by atoms with Gasteiger partial charge in [-0.25, -0.2) is 0 Å². The van der Waals surface area contributed by atoms with E-state index < -0.39 is 35.2 Å². The second-order valence-corrected chi connectivity index (χ2v) is 4.89. The Morgan fingerprint density at radius 1 is 1.17 bits per heavy atom. The van der Waals surface area contributed by atoms with Crippen molar-refractivity contribution >= 4 is 5.69 Å². The van der Waals surface area contributed by atoms with Crippen molar-refractivity contribution in [3.8, 4) is 0 Å². The Hall–Kier alpha value is -2.59. The summed E-state index contributed by atoms with van der Waals surface area (Å²) >= 11 is 0. The topological polar surface area (TPSA) is 61.0 Å². The summed E-state index contributed by atoms with van der Waals surface area (Å²) in [5.41, 5.74) is -3.49. The molecule has 0 atom stereocenters. The zero-order valence-corrected chi connectivity index (χ0v) is 11.9. The summed E-state index contributed by atoms with van der Waals surface area (Å²) in [6, 6.07) is 3.58. The Morgan fingerprint density at radius 2 is 1.79 bits per heavy atom. The van der Waals surface area contributed by atoms with Crippen molar-refractivity contribution in [2.24, 2.45) is 0 Å². The van der Waals surface area contributed by atoms with Crippen LogP contribution in [0.3, 0.4) is 0 Å². The lowest BCUT2D eigenvalue weighted by Crippen LogP contribution is -2.16. The molecule has 130 valence electrons. The average Bonchev–Trinajstić information content (AvgIpc) is 2.84. The summed E-state index contributed by atoms with van der Waals surface area (Å²) < 4.78 is 76.8. The molecule has 0 aliphatic carbocycles. The number of hydrogen-bond donors (Lipinski definition) is 0. The van der Waals surface area contributed by atoms with E-state index in [0.29, 0.717) is 0 Å². The van der Waals surface area contributed by atoms with Crippen LogP contribution >= 0.6 is 0 Å². The van der Waals surface area contributed by atoms with Crippen LogP contribution < -0.4 is 0 Å². The zero-order valence-electron chi connectivity index (χ0n) is 11.9. The van der Waals surface area contributed by atoms with Crippen LogP contribution in [-0.4, -0.2) is 14.7 Å². The monoisotopic (exact) mass is 353 g/mol. The quantitative estimate of drug-likeness (QED) is 0.472. The van der Waals surface area contributed by atoms with Crippen LogP contribution in [0.25, 0.3) is 0 Å². The lowest BCUT2D eigenvalue weighted by atomic mass is 10.1. The van der Waals surface area contributed by atoms with Crippen molar-refractivity contribution < 1.29 is 31.3 Å². The zero-order chi connectivity index (χ0) is 18.3. The molecule has 2 rings (SSSR count). The lowest BCUT2D eigenvalue weighted by Gasteiger charge is -2.11. The van der Waals surface area contributed by atoms with Gasteiger partial charge in [-0.05, 0) is 12.5 Å². The second kappa shape index (κ2) is 5.80. The average molecular weight is 353 g/mol. The van der Waals surface area contributed by atoms with E-state index in [1.54, 1.807) is 0 Å². The maximum atomic E-state index is 12.9. The van der Waals surface area contributed by atoms with Crippen molar-refractivity contribution in [1.29, 1.82) is 0 Å². The van der Waals surface area contributed by atoms with Crippen LogP contribution in [0.5, 0.6) is 0 Å². The first kappa shape index (κ1) is 17.8. The van der Waals surface area contributed by atoms with E-state index in [1.165, 1.54) is 19.1 Å². The van der Waals surface area contributed by atoms with Crippen LogP contribution in [0, 0.1) is 17.0 Å². The summed E-state index contributed by atoms with van der Waals surface area (Å²) in [6.45, 7) is 0.618. The Morgan fingerprint density at radius 3 is 2.29 bits per heavy atom. The Balaban J connectivity index is 2.52. The number of rotatable bonds is 3. The largest absolute Gasteiger partial charge is 0.435 e. The fourth-order valence-electron chi connectivity index (χ4n) is 2.10. The Kier molecular flexibility index (Phi) is 4.29. The van der Waals surface area contributed by atoms with Crippen LogP contribution in [0.15, 0.2) is 24.3 Å². The highest BCUT2D eigenvalue weighted by molar-refractivity contribution is 5.44. The van der Waals surface area contributed by atoms with E-state index in [9.17, 15) is 36.5 Å². The highest BCUT2D eigenvalue weighted by Gasteiger charge is 2.41. The second-order valence-electron chi connectivity index (χ2n) is 4.89. The molecule has 5 nitrogen and oxygen atoms in total. The van der Waals surface area contributed by atoms with Gasteiger partial charge in [0.2, 0.25) is 0 Å². The van der Waals surface area contributed by atoms with Gasteiger partial charge >= 0.3 is 12.4 Å². The number of hydrogen-bond acceptors (Lipinski definition) is 3. The van der Waals surface area contributed by atoms with Crippen molar-refractivity contribution in [3.05, 3.63) is 56.9 Å². The highest BCUT2D eigenvalue weighted by atomic mass is 19.4. The normalized spacial score (nSPS) is 12.5. The molecule has 1 heterocycles. The summed E-state index contributed by atoms with van der Waals surface area (Å²) in [7, 11) is 0. The van der Waals surface area contributed by atoms with E-state index in [-0.39, 0.29) is 27.6 Å². The van der Waals surface area contributed by atoms with E-state index >= 15 is 0 Å². The fraction of sp³-hybridized carbons (Fsp3) is 0.308. The first-order chi connectivity index (χ1) is 10.9. The molecule has 24 heavy (non-hydrogen) atoms. The van der Waals surface area contributed by atoms with Gasteiger partial charge in [0.05, 0.1) is 11.5 Å². The molecular weight excluding hydrogens is 344 g/mol. The maximum Gasteiger partial charge on any atom is 0.435 e. The van der Waals surface area contributed by atoms with E-state index in [1.807, 2.05) is 0 Å². The molecule has 0 N–H and O–H groups in total. The van der Waals surface area contributed by atoms with Gasteiger partial charge < -0.3 is 0 Å². The molecule has 2 aromatic rings. The van der Waals surface area contributed by atoms with Gasteiger partial charge in [0.15, 0.2) is 5.69 Å². The first-order valence-electron chi connectivity index (χ1n) is 6.36. The molecule has 0 fully saturated rings. The molecule has 1 aromatic heterocycles. The van der Waals surface area contributed by atoms with Gasteiger partial charge in [0.25, 0.3) is 5.69 Å². The van der Waals surface area contributed by atoms with Crippen LogP contribution in [0.1, 0.15) is 22.5 Å². The van der Waals surface area contributed by atoms with E-state index in [4.69, 9.17) is 0 Å². The highest BCUT2D eigenvalue weighted by Crippen LogP contribution is 2.35. The van der Waals surface area contributed by atoms with Gasteiger partial charge in [-0.15, -0.1) is 0 Å². The number of alkyl halides is 6. The third-order valence-corrected chi connectivity index (χ3v) is 3.30. The molecule has 0 saturated heterocycles. The van der Waals surface area contributed by atoms with Crippen molar-refractivity contribution in [2.45, 2.75) is 25.8 Å². The van der Waals surface area contributed by atoms with Gasteiger partial charge in [0, 0.05) is 17.7 Å². The number of benzene rings is 1. The molecule has 1 aromatic carbocycles. The molecular formula is C13H9F6N3O2. The van der Waals surface area contributed by atoms with Gasteiger partial charge in [-0.1, -0.05) is 12.1 Å². The number of nitro benzene ring substituents is 1. The minimum Gasteiger partial charge on any atom is -0.258 e. The van der Waals surface area contributed by atoms with Crippen LogP contribution in [-0.2, 0) is 18.9 Å². The lowest BCUT2D eigenvalue weighted by molar-refractivity contribution is -0.385. The number of aromatic nitrogens is 2. The molecule has 0 aliphatic rings. The molecule has 0 bridgehead atoms. The molecule has 0 aliphatic heterocycles. The minimum absolute atomic E-state index is 0.0553. The third kappa shape index (κ3) is 3.49. The van der Waals surface area contributed by atoms with Crippen molar-refractivity contribution in [2.75, 3.05) is 0 Å². The van der Waals surface area contributed by atoms with Crippen molar-refractivity contribution in [3.63, 3.8) is 0 Å². The fourth-order valence-corrected chi connectivity index (χ4v) is 2.10. The number of halogens is 6. The SMILES string of the molecule is Cc1c(Cn2nc(C(F)(F)F)cc2C(F)(F)F)cccc1[N+](=O)[O-]. The predicted octanol–water partition coefficient (Wildman–Crippen LogP) is 4.19. The Bertz CT molecular complexity index is 779. The van der Waals surface area contributed by atoms with Gasteiger partial charge in [-0.2, -0.15) is 31.4 Å². The maximum absolute atomic E-state index is 12.9. The summed E-state index contributed by atoms with van der Waals surface area (Å²) in [5.74, 6) is 0. The third-order valence-electron chi connectivity index (χ3n) is 3.30. The molecule has 0 saturated carbocycles. The smallest absolute Gasteiger partial charge is 0.258 e.